The van der Waals surface area contributed by atoms with Gasteiger partial charge in [0, 0.05) is 6.54 Å². The van der Waals surface area contributed by atoms with E-state index in [-0.39, 0.29) is 0 Å². The van der Waals surface area contributed by atoms with Crippen LogP contribution in [0.1, 0.15) is 96.6 Å². The van der Waals surface area contributed by atoms with Crippen LogP contribution < -0.4 is 0 Å². The molecule has 0 saturated carbocycles. The van der Waals surface area contributed by atoms with E-state index in [2.05, 4.69) is 34.2 Å². The van der Waals surface area contributed by atoms with Crippen molar-refractivity contribution in [3.63, 3.8) is 0 Å². The Labute approximate surface area is 143 Å². The summed E-state index contributed by atoms with van der Waals surface area (Å²) in [4.78, 5) is 2.57. The Balaban J connectivity index is 2.17. The van der Waals surface area contributed by atoms with Crippen LogP contribution in [-0.2, 0) is 6.54 Å². The predicted octanol–water partition coefficient (Wildman–Crippen LogP) is 5.33. The minimum Gasteiger partial charge on any atom is -0.297 e. The molecule has 0 bridgehead atoms. The number of H-pyrrole nitrogens is 1. The zero-order valence-corrected chi connectivity index (χ0v) is 15.5. The van der Waals surface area contributed by atoms with Crippen molar-refractivity contribution < 1.29 is 0 Å². The minimum absolute atomic E-state index is 0.945. The molecule has 23 heavy (non-hydrogen) atoms. The summed E-state index contributed by atoms with van der Waals surface area (Å²) in [6, 6.07) is 0. The van der Waals surface area contributed by atoms with Gasteiger partial charge < -0.3 is 0 Å². The summed E-state index contributed by atoms with van der Waals surface area (Å²) in [5, 5.41) is 10.9. The van der Waals surface area contributed by atoms with Gasteiger partial charge in [0.25, 0.3) is 0 Å². The van der Waals surface area contributed by atoms with Crippen LogP contribution in [0.3, 0.4) is 0 Å². The van der Waals surface area contributed by atoms with Crippen molar-refractivity contribution in [3.8, 4) is 0 Å². The molecule has 0 aliphatic carbocycles. The molecule has 0 amide bonds. The molecule has 0 spiro atoms. The predicted molar refractivity (Wildman–Crippen MR) is 98.4 cm³/mol. The molecule has 1 N–H and O–H groups in total. The summed E-state index contributed by atoms with van der Waals surface area (Å²) in [7, 11) is 0. The Kier molecular flexibility index (Phi) is 12.9. The standard InChI is InChI=1S/C19H38N4/c1-3-5-7-9-11-13-15-23(18-19-17-20-22-21-19)16-14-12-10-8-6-4-2/h17H,3-16,18H2,1-2H3,(H,20,21,22). The number of unbranched alkanes of at least 4 members (excludes halogenated alkanes) is 10. The molecule has 0 aliphatic heterocycles. The lowest BCUT2D eigenvalue weighted by molar-refractivity contribution is 0.249. The first kappa shape index (κ1) is 20.1. The number of nitrogens with zero attached hydrogens (tertiary/aromatic N) is 3. The van der Waals surface area contributed by atoms with E-state index >= 15 is 0 Å². The Morgan fingerprint density at radius 3 is 1.78 bits per heavy atom. The maximum atomic E-state index is 4.22. The van der Waals surface area contributed by atoms with Crippen molar-refractivity contribution in [1.29, 1.82) is 0 Å². The third-order valence-corrected chi connectivity index (χ3v) is 4.51. The van der Waals surface area contributed by atoms with Crippen LogP contribution in [0.5, 0.6) is 0 Å². The molecule has 1 aromatic rings. The quantitative estimate of drug-likeness (QED) is 0.418. The molecular formula is C19H38N4. The summed E-state index contributed by atoms with van der Waals surface area (Å²) < 4.78 is 0. The third kappa shape index (κ3) is 11.3. The largest absolute Gasteiger partial charge is 0.297 e. The molecule has 1 heterocycles. The third-order valence-electron chi connectivity index (χ3n) is 4.51. The molecule has 0 unspecified atom stereocenters. The van der Waals surface area contributed by atoms with Crippen molar-refractivity contribution in [2.45, 2.75) is 97.4 Å². The fourth-order valence-corrected chi connectivity index (χ4v) is 3.03. The highest BCUT2D eigenvalue weighted by Gasteiger charge is 2.07. The lowest BCUT2D eigenvalue weighted by Gasteiger charge is -2.21. The summed E-state index contributed by atoms with van der Waals surface area (Å²) >= 11 is 0. The number of rotatable bonds is 16. The van der Waals surface area contributed by atoms with E-state index < -0.39 is 0 Å². The van der Waals surface area contributed by atoms with Gasteiger partial charge in [0.15, 0.2) is 0 Å². The first-order chi connectivity index (χ1) is 11.4. The van der Waals surface area contributed by atoms with Gasteiger partial charge in [-0.15, -0.1) is 0 Å². The van der Waals surface area contributed by atoms with Gasteiger partial charge in [-0.2, -0.15) is 15.4 Å². The van der Waals surface area contributed by atoms with Crippen LogP contribution in [-0.4, -0.2) is 33.4 Å². The fraction of sp³-hybridized carbons (Fsp3) is 0.895. The summed E-state index contributed by atoms with van der Waals surface area (Å²) in [5.41, 5.74) is 1.07. The van der Waals surface area contributed by atoms with E-state index in [1.807, 2.05) is 6.20 Å². The van der Waals surface area contributed by atoms with Gasteiger partial charge in [-0.1, -0.05) is 78.1 Å². The van der Waals surface area contributed by atoms with Gasteiger partial charge in [0.05, 0.1) is 11.9 Å². The molecule has 0 fully saturated rings. The van der Waals surface area contributed by atoms with E-state index in [4.69, 9.17) is 0 Å². The van der Waals surface area contributed by atoms with Gasteiger partial charge in [-0.05, 0) is 25.9 Å². The van der Waals surface area contributed by atoms with Crippen LogP contribution in [0.15, 0.2) is 6.20 Å². The molecule has 4 nitrogen and oxygen atoms in total. The monoisotopic (exact) mass is 322 g/mol. The zero-order chi connectivity index (χ0) is 16.6. The minimum atomic E-state index is 0.945. The van der Waals surface area contributed by atoms with Crippen LogP contribution >= 0.6 is 0 Å². The van der Waals surface area contributed by atoms with Crippen molar-refractivity contribution in [3.05, 3.63) is 11.9 Å². The normalized spacial score (nSPS) is 11.4. The molecule has 134 valence electrons. The lowest BCUT2D eigenvalue weighted by Crippen LogP contribution is -2.26. The lowest BCUT2D eigenvalue weighted by atomic mass is 10.1. The number of hydrogen-bond acceptors (Lipinski definition) is 3. The van der Waals surface area contributed by atoms with Gasteiger partial charge in [-0.3, -0.25) is 4.90 Å². The number of hydrogen-bond donors (Lipinski definition) is 1. The second-order valence-electron chi connectivity index (χ2n) is 6.77. The molecule has 0 aromatic carbocycles. The number of aromatic nitrogens is 3. The van der Waals surface area contributed by atoms with E-state index in [1.54, 1.807) is 0 Å². The first-order valence-corrected chi connectivity index (χ1v) is 9.93. The van der Waals surface area contributed by atoms with Crippen molar-refractivity contribution >= 4 is 0 Å². The van der Waals surface area contributed by atoms with Gasteiger partial charge in [0.2, 0.25) is 0 Å². The van der Waals surface area contributed by atoms with Crippen LogP contribution in [0.25, 0.3) is 0 Å². The average Bonchev–Trinajstić information content (AvgIpc) is 3.06. The number of aromatic amines is 1. The molecule has 0 aliphatic rings. The van der Waals surface area contributed by atoms with E-state index in [0.29, 0.717) is 0 Å². The highest BCUT2D eigenvalue weighted by atomic mass is 15.3. The maximum Gasteiger partial charge on any atom is 0.0964 e. The molecule has 1 aromatic heterocycles. The first-order valence-electron chi connectivity index (χ1n) is 9.93. The molecule has 0 radical (unpaired) electrons. The Morgan fingerprint density at radius 2 is 1.30 bits per heavy atom. The average molecular weight is 323 g/mol. The summed E-state index contributed by atoms with van der Waals surface area (Å²) in [5.74, 6) is 0. The Hall–Kier alpha value is -0.900. The molecular weight excluding hydrogens is 284 g/mol. The second-order valence-corrected chi connectivity index (χ2v) is 6.77. The highest BCUT2D eigenvalue weighted by Crippen LogP contribution is 2.10. The van der Waals surface area contributed by atoms with Crippen LogP contribution in [0.4, 0.5) is 0 Å². The molecule has 0 saturated heterocycles. The van der Waals surface area contributed by atoms with E-state index in [9.17, 15) is 0 Å². The molecule has 4 heteroatoms. The summed E-state index contributed by atoms with van der Waals surface area (Å²) in [6.07, 6.45) is 18.2. The Bertz CT molecular complexity index is 321. The zero-order valence-electron chi connectivity index (χ0n) is 15.5. The van der Waals surface area contributed by atoms with Crippen LogP contribution in [0.2, 0.25) is 0 Å². The smallest absolute Gasteiger partial charge is 0.0964 e. The summed E-state index contributed by atoms with van der Waals surface area (Å²) in [6.45, 7) is 7.91. The second kappa shape index (κ2) is 14.7. The van der Waals surface area contributed by atoms with Gasteiger partial charge >= 0.3 is 0 Å². The topological polar surface area (TPSA) is 44.8 Å². The highest BCUT2D eigenvalue weighted by molar-refractivity contribution is 4.90. The molecule has 1 rings (SSSR count). The van der Waals surface area contributed by atoms with Crippen LogP contribution in [0, 0.1) is 0 Å². The van der Waals surface area contributed by atoms with Crippen molar-refractivity contribution in [2.24, 2.45) is 0 Å². The van der Waals surface area contributed by atoms with Crippen molar-refractivity contribution in [2.75, 3.05) is 13.1 Å². The number of nitrogens with one attached hydrogen (secondary N) is 1. The fourth-order valence-electron chi connectivity index (χ4n) is 3.03. The van der Waals surface area contributed by atoms with E-state index in [0.717, 1.165) is 12.2 Å². The molecule has 0 atom stereocenters. The maximum absolute atomic E-state index is 4.22. The van der Waals surface area contributed by atoms with E-state index in [1.165, 1.54) is 90.1 Å². The van der Waals surface area contributed by atoms with Gasteiger partial charge in [-0.25, -0.2) is 0 Å². The van der Waals surface area contributed by atoms with Crippen molar-refractivity contribution in [1.82, 2.24) is 20.3 Å². The SMILES string of the molecule is CCCCCCCCN(CCCCCCCC)Cc1cn[nH]n1. The Morgan fingerprint density at radius 1 is 0.783 bits per heavy atom. The van der Waals surface area contributed by atoms with Gasteiger partial charge in [0.1, 0.15) is 0 Å².